The molecule has 2 aromatic rings. The predicted octanol–water partition coefficient (Wildman–Crippen LogP) is 4.48. The van der Waals surface area contributed by atoms with E-state index in [-0.39, 0.29) is 24.1 Å². The maximum atomic E-state index is 13.1. The third kappa shape index (κ3) is 4.89. The third-order valence-corrected chi connectivity index (χ3v) is 6.51. The minimum Gasteiger partial charge on any atom is -0.395 e. The normalized spacial score (nSPS) is 22.7. The minimum atomic E-state index is -4.31. The Hall–Kier alpha value is -2.48. The van der Waals surface area contributed by atoms with E-state index < -0.39 is 17.5 Å². The molecule has 1 fully saturated rings. The second-order valence-corrected chi connectivity index (χ2v) is 8.24. The molecule has 8 heteroatoms. The zero-order valence-electron chi connectivity index (χ0n) is 17.8. The van der Waals surface area contributed by atoms with Gasteiger partial charge in [-0.15, -0.1) is 0 Å². The van der Waals surface area contributed by atoms with Crippen molar-refractivity contribution < 1.29 is 23.1 Å². The molecule has 0 aliphatic heterocycles. The van der Waals surface area contributed by atoms with E-state index in [1.807, 2.05) is 6.92 Å². The Balaban J connectivity index is 1.71. The van der Waals surface area contributed by atoms with Gasteiger partial charge in [0.25, 0.3) is 5.91 Å². The Labute approximate surface area is 180 Å². The van der Waals surface area contributed by atoms with Crippen molar-refractivity contribution in [2.24, 2.45) is 0 Å². The monoisotopic (exact) mass is 435 g/mol. The first kappa shape index (κ1) is 23.2. The van der Waals surface area contributed by atoms with Gasteiger partial charge in [0, 0.05) is 42.2 Å². The largest absolute Gasteiger partial charge is 0.395 e. The fraction of sp³-hybridized carbons (Fsp3) is 0.522. The van der Waals surface area contributed by atoms with Crippen LogP contribution in [0, 0.1) is 0 Å². The van der Waals surface area contributed by atoms with Crippen LogP contribution in [0.4, 0.5) is 13.2 Å². The van der Waals surface area contributed by atoms with Crippen molar-refractivity contribution in [1.29, 1.82) is 0 Å². The maximum absolute atomic E-state index is 13.1. The van der Waals surface area contributed by atoms with E-state index in [1.54, 1.807) is 23.5 Å². The molecule has 1 aliphatic carbocycles. The van der Waals surface area contributed by atoms with Crippen LogP contribution in [-0.4, -0.2) is 51.3 Å². The number of hydrogen-bond donors (Lipinski definition) is 1. The van der Waals surface area contributed by atoms with Crippen LogP contribution in [0.5, 0.6) is 0 Å². The van der Waals surface area contributed by atoms with Gasteiger partial charge in [-0.1, -0.05) is 12.1 Å². The molecule has 0 radical (unpaired) electrons. The molecule has 31 heavy (non-hydrogen) atoms. The molecule has 1 amide bonds. The number of halogens is 3. The lowest BCUT2D eigenvalue weighted by Crippen LogP contribution is -2.46. The van der Waals surface area contributed by atoms with Crippen LogP contribution in [0.2, 0.25) is 0 Å². The molecule has 1 N–H and O–H groups in total. The van der Waals surface area contributed by atoms with E-state index in [9.17, 15) is 23.1 Å². The SMILES string of the molecule is CCN(C(=O)c1ccc(C(C)C(F)(F)F)cc1)C1CCC(CO)(c2cnccn2)CC1. The van der Waals surface area contributed by atoms with E-state index in [2.05, 4.69) is 9.97 Å². The number of benzene rings is 1. The Kier molecular flexibility index (Phi) is 6.99. The average Bonchev–Trinajstić information content (AvgIpc) is 2.79. The highest BCUT2D eigenvalue weighted by Gasteiger charge is 2.40. The summed E-state index contributed by atoms with van der Waals surface area (Å²) in [4.78, 5) is 23.4. The molecule has 1 saturated carbocycles. The van der Waals surface area contributed by atoms with Gasteiger partial charge < -0.3 is 10.0 Å². The average molecular weight is 435 g/mol. The van der Waals surface area contributed by atoms with Gasteiger partial charge in [-0.25, -0.2) is 0 Å². The van der Waals surface area contributed by atoms with Gasteiger partial charge in [-0.2, -0.15) is 13.2 Å². The fourth-order valence-corrected chi connectivity index (χ4v) is 4.37. The van der Waals surface area contributed by atoms with Crippen LogP contribution in [0.15, 0.2) is 42.9 Å². The molecule has 0 saturated heterocycles. The zero-order chi connectivity index (χ0) is 22.6. The Morgan fingerprint density at radius 3 is 2.35 bits per heavy atom. The number of rotatable bonds is 6. The summed E-state index contributed by atoms with van der Waals surface area (Å²) in [6.07, 6.45) is 3.35. The van der Waals surface area contributed by atoms with Gasteiger partial charge in [0.1, 0.15) is 0 Å². The van der Waals surface area contributed by atoms with Gasteiger partial charge >= 0.3 is 6.18 Å². The van der Waals surface area contributed by atoms with Gasteiger partial charge in [0.05, 0.1) is 18.2 Å². The van der Waals surface area contributed by atoms with Crippen molar-refractivity contribution in [3.8, 4) is 0 Å². The summed E-state index contributed by atoms with van der Waals surface area (Å²) in [5.41, 5.74) is 0.830. The van der Waals surface area contributed by atoms with Crippen molar-refractivity contribution in [2.45, 2.75) is 63.1 Å². The first-order valence-corrected chi connectivity index (χ1v) is 10.6. The van der Waals surface area contributed by atoms with Crippen LogP contribution < -0.4 is 0 Å². The Morgan fingerprint density at radius 2 is 1.87 bits per heavy atom. The molecule has 1 aromatic heterocycles. The Morgan fingerprint density at radius 1 is 1.23 bits per heavy atom. The molecule has 3 rings (SSSR count). The fourth-order valence-electron chi connectivity index (χ4n) is 4.37. The molecule has 1 atom stereocenters. The van der Waals surface area contributed by atoms with Crippen molar-refractivity contribution in [2.75, 3.05) is 13.2 Å². The highest BCUT2D eigenvalue weighted by Crippen LogP contribution is 2.40. The summed E-state index contributed by atoms with van der Waals surface area (Å²) in [6, 6.07) is 5.71. The topological polar surface area (TPSA) is 66.3 Å². The lowest BCUT2D eigenvalue weighted by molar-refractivity contribution is -0.146. The molecule has 1 aromatic carbocycles. The molecule has 1 aliphatic rings. The molecule has 0 bridgehead atoms. The number of aromatic nitrogens is 2. The second kappa shape index (κ2) is 9.34. The number of hydrogen-bond acceptors (Lipinski definition) is 4. The molecular weight excluding hydrogens is 407 g/mol. The van der Waals surface area contributed by atoms with Crippen LogP contribution in [0.25, 0.3) is 0 Å². The van der Waals surface area contributed by atoms with Crippen LogP contribution in [-0.2, 0) is 5.41 Å². The Bertz CT molecular complexity index is 864. The molecule has 1 unspecified atom stereocenters. The molecule has 1 heterocycles. The number of aliphatic hydroxyl groups is 1. The molecule has 168 valence electrons. The second-order valence-electron chi connectivity index (χ2n) is 8.24. The molecular formula is C23H28F3N3O2. The summed E-state index contributed by atoms with van der Waals surface area (Å²) in [6.45, 7) is 3.48. The van der Waals surface area contributed by atoms with Crippen molar-refractivity contribution in [3.05, 3.63) is 59.7 Å². The highest BCUT2D eigenvalue weighted by atomic mass is 19.4. The van der Waals surface area contributed by atoms with E-state index in [0.29, 0.717) is 37.8 Å². The smallest absolute Gasteiger partial charge is 0.395 e. The van der Waals surface area contributed by atoms with Crippen molar-refractivity contribution in [1.82, 2.24) is 14.9 Å². The predicted molar refractivity (Wildman–Crippen MR) is 111 cm³/mol. The van der Waals surface area contributed by atoms with Crippen LogP contribution in [0.3, 0.4) is 0 Å². The number of nitrogens with zero attached hydrogens (tertiary/aromatic N) is 3. The van der Waals surface area contributed by atoms with Crippen molar-refractivity contribution >= 4 is 5.91 Å². The number of aliphatic hydroxyl groups excluding tert-OH is 1. The lowest BCUT2D eigenvalue weighted by Gasteiger charge is -2.42. The number of alkyl halides is 3. The van der Waals surface area contributed by atoms with E-state index in [1.165, 1.54) is 24.3 Å². The minimum absolute atomic E-state index is 0.00243. The number of amides is 1. The summed E-state index contributed by atoms with van der Waals surface area (Å²) in [5.74, 6) is -1.76. The number of carbonyl (C=O) groups excluding carboxylic acids is 1. The van der Waals surface area contributed by atoms with Crippen molar-refractivity contribution in [3.63, 3.8) is 0 Å². The lowest BCUT2D eigenvalue weighted by atomic mass is 9.70. The summed E-state index contributed by atoms with van der Waals surface area (Å²) in [7, 11) is 0. The van der Waals surface area contributed by atoms with Crippen LogP contribution >= 0.6 is 0 Å². The van der Waals surface area contributed by atoms with Gasteiger partial charge in [0.15, 0.2) is 0 Å². The first-order chi connectivity index (χ1) is 14.7. The highest BCUT2D eigenvalue weighted by molar-refractivity contribution is 5.94. The quantitative estimate of drug-likeness (QED) is 0.727. The standard InChI is InChI=1S/C23H28F3N3O2/c1-3-29(21(31)18-6-4-17(5-7-18)16(2)23(24,25)26)19-8-10-22(15-30,11-9-19)20-14-27-12-13-28-20/h4-7,12-14,16,19,30H,3,8-11,15H2,1-2H3. The third-order valence-electron chi connectivity index (χ3n) is 6.51. The summed E-state index contributed by atoms with van der Waals surface area (Å²) in [5, 5.41) is 10.1. The van der Waals surface area contributed by atoms with E-state index in [4.69, 9.17) is 0 Å². The van der Waals surface area contributed by atoms with Gasteiger partial charge in [-0.05, 0) is 57.2 Å². The summed E-state index contributed by atoms with van der Waals surface area (Å²) >= 11 is 0. The van der Waals surface area contributed by atoms with Gasteiger partial charge in [0.2, 0.25) is 0 Å². The molecule has 5 nitrogen and oxygen atoms in total. The zero-order valence-corrected chi connectivity index (χ0v) is 17.8. The van der Waals surface area contributed by atoms with E-state index in [0.717, 1.165) is 12.6 Å². The maximum Gasteiger partial charge on any atom is 0.395 e. The van der Waals surface area contributed by atoms with Crippen LogP contribution in [0.1, 0.15) is 67.1 Å². The summed E-state index contributed by atoms with van der Waals surface area (Å²) < 4.78 is 38.8. The van der Waals surface area contributed by atoms with Gasteiger partial charge in [-0.3, -0.25) is 14.8 Å². The van der Waals surface area contributed by atoms with E-state index >= 15 is 0 Å². The first-order valence-electron chi connectivity index (χ1n) is 10.6. The molecule has 0 spiro atoms. The number of carbonyl (C=O) groups is 1.